The van der Waals surface area contributed by atoms with Crippen LogP contribution in [0.25, 0.3) is 0 Å². The first kappa shape index (κ1) is 119. The van der Waals surface area contributed by atoms with Crippen molar-refractivity contribution in [1.82, 2.24) is 21.3 Å². The predicted molar refractivity (Wildman–Crippen MR) is 506 cm³/mol. The van der Waals surface area contributed by atoms with Gasteiger partial charge in [-0.05, 0) is 255 Å². The Morgan fingerprint density at radius 1 is 0.388 bits per heavy atom. The fraction of sp³-hybridized carbons (Fsp3) is 0.835. The van der Waals surface area contributed by atoms with Gasteiger partial charge in [-0.25, -0.2) is 28.8 Å². The van der Waals surface area contributed by atoms with Gasteiger partial charge >= 0.3 is 86.9 Å². The smallest absolute Gasteiger partial charge is 0.407 e. The highest BCUT2D eigenvalue weighted by atomic mass is 28.5. The summed E-state index contributed by atoms with van der Waals surface area (Å²) in [4.78, 5) is 154. The number of amides is 4. The summed E-state index contributed by atoms with van der Waals surface area (Å²) < 4.78 is 126. The summed E-state index contributed by atoms with van der Waals surface area (Å²) >= 11 is 0. The summed E-state index contributed by atoms with van der Waals surface area (Å²) in [6.07, 6.45) is 5.24. The fourth-order valence-electron chi connectivity index (χ4n) is 21.2. The van der Waals surface area contributed by atoms with E-state index >= 15 is 0 Å². The first-order valence-electron chi connectivity index (χ1n) is 48.3. The van der Waals surface area contributed by atoms with Gasteiger partial charge in [0.2, 0.25) is 0 Å². The third-order valence-electron chi connectivity index (χ3n) is 24.6. The second kappa shape index (κ2) is 54.9. The molecule has 4 amide bonds. The van der Waals surface area contributed by atoms with E-state index in [0.717, 1.165) is 37.8 Å². The topological polar surface area (TPSA) is 391 Å². The average Bonchev–Trinajstić information content (AvgIpc) is 0.813. The molecule has 0 aromatic rings. The number of unbranched alkanes of at least 4 members (excludes halogenated alkanes) is 3. The van der Waals surface area contributed by atoms with Crippen LogP contribution in [0.5, 0.6) is 0 Å². The molecule has 0 heterocycles. The molecule has 37 heteroatoms. The first-order chi connectivity index (χ1) is 62.0. The second-order valence-electron chi connectivity index (χ2n) is 45.3. The number of hydrogen-bond donors (Lipinski definition) is 4. The highest BCUT2D eigenvalue weighted by Crippen LogP contribution is 2.53. The number of rotatable bonds is 59. The van der Waals surface area contributed by atoms with Gasteiger partial charge in [0.15, 0.2) is 22.7 Å². The third kappa shape index (κ3) is 53.0. The van der Waals surface area contributed by atoms with Crippen molar-refractivity contribution in [3.8, 4) is 0 Å². The molecule has 4 fully saturated rings. The second-order valence-corrected chi connectivity index (χ2v) is 58.1. The number of nitrogens with one attached hydrogen (secondary N) is 4. The van der Waals surface area contributed by atoms with Gasteiger partial charge in [0, 0.05) is 94.3 Å². The van der Waals surface area contributed by atoms with Crippen LogP contribution in [0.4, 0.5) is 32.3 Å². The summed E-state index contributed by atoms with van der Waals surface area (Å²) in [5.41, 5.74) is -3.67. The molecule has 0 radical (unpaired) electrons. The summed E-state index contributed by atoms with van der Waals surface area (Å²) in [5.74, 6) is -4.36. The zero-order valence-electron chi connectivity index (χ0n) is 84.6. The molecule has 4 saturated carbocycles. The number of alkyl carbamates (subject to hydrolysis) is 4. The lowest BCUT2D eigenvalue weighted by Crippen LogP contribution is -2.52. The molecule has 0 aromatic carbocycles. The summed E-state index contributed by atoms with van der Waals surface area (Å²) in [7, 11) is -6.56. The lowest BCUT2D eigenvalue weighted by atomic mass is 9.60. The Morgan fingerprint density at radius 2 is 0.761 bits per heavy atom. The molecule has 770 valence electrons. The molecule has 4 rings (SSSR count). The lowest BCUT2D eigenvalue weighted by Gasteiger charge is -2.46. The van der Waals surface area contributed by atoms with Crippen molar-refractivity contribution in [1.29, 1.82) is 0 Å². The molecular formula is C97H167F3N4O27Si3. The van der Waals surface area contributed by atoms with Crippen molar-refractivity contribution < 1.29 is 141 Å². The number of carbonyl (C=O) groups excluding carboxylic acids is 12. The summed E-state index contributed by atoms with van der Waals surface area (Å²) in [6.45, 7) is 48.1. The van der Waals surface area contributed by atoms with Gasteiger partial charge in [-0.1, -0.05) is 103 Å². The first-order valence-corrected chi connectivity index (χ1v) is 57.6. The van der Waals surface area contributed by atoms with Gasteiger partial charge in [-0.2, -0.15) is 13.2 Å². The van der Waals surface area contributed by atoms with Crippen LogP contribution in [-0.2, 0) is 108 Å². The number of hydrogen-bond acceptors (Lipinski definition) is 27. The standard InChI is InChI=1S/C97H167F3N4O27Si3/c1-23-76(105)121-46-48-124-84(113)101-67-96(15)56-72(54-89(5,6)66-96)52-83(112)129-75(61-117-41-32-50-134(22,130-132(16,17)18)131-133(19,20)21)62-126-85(114)102-68-95(14)55-71(53-88(3,4)65-95)51-82(111)128-70-94(13,37-31-38-97(98,99)100)69-127-81(110)36-40-93(12)59-73(57-90(7,8)64-93)103-86(115)123-45-30-29-43-119-79(108)34-26-25-33-78(107)118-42-27-28-44-120-80(109)35-39-92(11)60-74(58-91(9,10)63-92)104-87(116)125-49-47-122-77(106)24-2/h23-24,71-75H,1-2,25-70H2,3-22H3,(H,101,113)(H,102,114)(H,103,115)(H,104,116). The Morgan fingerprint density at radius 3 is 1.19 bits per heavy atom. The third-order valence-corrected chi connectivity index (χ3v) is 34.2. The van der Waals surface area contributed by atoms with E-state index in [9.17, 15) is 70.7 Å². The SMILES string of the molecule is C=CC(=O)OCCOC(=O)NCC1(C)CC(CC(=O)OC(COCCC[Si](C)(O[Si](C)(C)C)O[Si](C)(C)C)COC(=O)NCC2(C)CC(CC(=O)OCC(C)(CCCC(F)(F)F)COC(=O)CCC3(C)CC(NC(=O)OCCCCOC(=O)CCCCC(=O)OCCCCOC(=O)CCC4(C)CC(NC(=O)OCCOC(=O)C=C)CC(C)(C)C4)CC(C)(C)C3)CC(C)(C)C2)CC(C)(C)C1. The predicted octanol–water partition coefficient (Wildman–Crippen LogP) is 19.2. The average molecular weight is 1960 g/mol. The van der Waals surface area contributed by atoms with Crippen LogP contribution >= 0.6 is 0 Å². The molecular weight excluding hydrogens is 1790 g/mol. The Hall–Kier alpha value is -7.36. The quantitative estimate of drug-likeness (QED) is 0.0144. The largest absolute Gasteiger partial charge is 0.466 e. The van der Waals surface area contributed by atoms with E-state index in [1.54, 1.807) is 6.92 Å². The Balaban J connectivity index is 1.19. The van der Waals surface area contributed by atoms with Crippen molar-refractivity contribution in [3.63, 3.8) is 0 Å². The van der Waals surface area contributed by atoms with Crippen molar-refractivity contribution in [2.75, 3.05) is 99.0 Å². The molecule has 0 spiro atoms. The van der Waals surface area contributed by atoms with Crippen LogP contribution in [0.2, 0.25) is 51.9 Å². The zero-order chi connectivity index (χ0) is 101. The van der Waals surface area contributed by atoms with Gasteiger partial charge < -0.3 is 91.1 Å². The minimum Gasteiger partial charge on any atom is -0.466 e. The van der Waals surface area contributed by atoms with Crippen LogP contribution < -0.4 is 21.3 Å². The van der Waals surface area contributed by atoms with Gasteiger partial charge in [0.05, 0.1) is 46.2 Å². The Labute approximate surface area is 798 Å². The summed E-state index contributed by atoms with van der Waals surface area (Å²) in [6, 6.07) is 0.216. The van der Waals surface area contributed by atoms with E-state index in [-0.39, 0.29) is 201 Å². The van der Waals surface area contributed by atoms with E-state index < -0.39 is 132 Å². The van der Waals surface area contributed by atoms with Crippen LogP contribution in [0.1, 0.15) is 283 Å². The molecule has 4 N–H and O–H groups in total. The Kier molecular flexibility index (Phi) is 48.7. The molecule has 31 nitrogen and oxygen atoms in total. The van der Waals surface area contributed by atoms with Gasteiger partial charge in [-0.3, -0.25) is 28.8 Å². The molecule has 0 bridgehead atoms. The van der Waals surface area contributed by atoms with E-state index in [4.69, 9.17) is 69.8 Å². The van der Waals surface area contributed by atoms with E-state index in [1.165, 1.54) is 0 Å². The van der Waals surface area contributed by atoms with Crippen LogP contribution in [-0.4, -0.2) is 221 Å². The number of halogens is 3. The van der Waals surface area contributed by atoms with Gasteiger partial charge in [-0.15, -0.1) is 0 Å². The normalized spacial score (nSPS) is 23.2. The number of carbonyl (C=O) groups is 12. The number of ether oxygens (including phenoxy) is 13. The van der Waals surface area contributed by atoms with E-state index in [1.807, 2.05) is 13.8 Å². The zero-order valence-corrected chi connectivity index (χ0v) is 87.6. The monoisotopic (exact) mass is 1960 g/mol. The number of alkyl halides is 3. The van der Waals surface area contributed by atoms with Gasteiger partial charge in [0.1, 0.15) is 33.0 Å². The van der Waals surface area contributed by atoms with E-state index in [2.05, 4.69) is 149 Å². The van der Waals surface area contributed by atoms with Crippen molar-refractivity contribution in [2.24, 2.45) is 60.6 Å². The highest BCUT2D eigenvalue weighted by molar-refractivity contribution is 6.87. The molecule has 4 aliphatic carbocycles. The molecule has 0 saturated heterocycles. The fourth-order valence-corrected chi connectivity index (χ4v) is 33.7. The highest BCUT2D eigenvalue weighted by Gasteiger charge is 2.48. The van der Waals surface area contributed by atoms with Crippen LogP contribution in [0.3, 0.4) is 0 Å². The van der Waals surface area contributed by atoms with Crippen molar-refractivity contribution in [2.45, 2.75) is 359 Å². The van der Waals surface area contributed by atoms with Crippen LogP contribution in [0, 0.1) is 60.6 Å². The van der Waals surface area contributed by atoms with Crippen molar-refractivity contribution >= 4 is 97.3 Å². The molecule has 10 unspecified atom stereocenters. The molecule has 134 heavy (non-hydrogen) atoms. The summed E-state index contributed by atoms with van der Waals surface area (Å²) in [5, 5.41) is 11.7. The van der Waals surface area contributed by atoms with Crippen LogP contribution in [0.15, 0.2) is 25.3 Å². The van der Waals surface area contributed by atoms with Gasteiger partial charge in [0.25, 0.3) is 0 Å². The maximum Gasteiger partial charge on any atom is 0.407 e. The minimum atomic E-state index is -4.45. The molecule has 10 atom stereocenters. The maximum atomic E-state index is 14.1. The molecule has 0 aliphatic heterocycles. The van der Waals surface area contributed by atoms with E-state index in [0.29, 0.717) is 122 Å². The minimum absolute atomic E-state index is 0.0170. The Bertz CT molecular complexity index is 3770. The molecule has 4 aliphatic rings. The number of esters is 8. The lowest BCUT2D eigenvalue weighted by molar-refractivity contribution is -0.158. The van der Waals surface area contributed by atoms with Crippen molar-refractivity contribution in [3.05, 3.63) is 25.3 Å². The maximum absolute atomic E-state index is 14.1. The molecule has 0 aromatic heterocycles.